The van der Waals surface area contributed by atoms with Crippen molar-refractivity contribution in [3.05, 3.63) is 21.4 Å². The van der Waals surface area contributed by atoms with E-state index in [2.05, 4.69) is 9.97 Å². The maximum absolute atomic E-state index is 11.9. The van der Waals surface area contributed by atoms with E-state index < -0.39 is 13.0 Å². The Bertz CT molecular complexity index is 632. The Morgan fingerprint density at radius 3 is 2.95 bits per heavy atom. The molecule has 108 valence electrons. The van der Waals surface area contributed by atoms with Crippen LogP contribution in [0, 0.1) is 0 Å². The second-order valence-electron chi connectivity index (χ2n) is 4.68. The highest BCUT2D eigenvalue weighted by Gasteiger charge is 2.21. The molecular formula is C13H13ClF2N2OS. The lowest BCUT2D eigenvalue weighted by Crippen LogP contribution is -2.08. The van der Waals surface area contributed by atoms with E-state index in [1.165, 1.54) is 10.4 Å². The van der Waals surface area contributed by atoms with Gasteiger partial charge in [-0.05, 0) is 24.8 Å². The average Bonchev–Trinajstić information content (AvgIpc) is 2.94. The van der Waals surface area contributed by atoms with Crippen molar-refractivity contribution < 1.29 is 13.5 Å². The lowest BCUT2D eigenvalue weighted by molar-refractivity contribution is 0.0183. The molecule has 0 aliphatic heterocycles. The van der Waals surface area contributed by atoms with Crippen molar-refractivity contribution in [1.29, 1.82) is 0 Å². The predicted molar refractivity (Wildman–Crippen MR) is 75.0 cm³/mol. The van der Waals surface area contributed by atoms with Gasteiger partial charge in [-0.3, -0.25) is 0 Å². The molecule has 0 fully saturated rings. The summed E-state index contributed by atoms with van der Waals surface area (Å²) in [6, 6.07) is 0. The predicted octanol–water partition coefficient (Wildman–Crippen LogP) is 3.66. The Labute approximate surface area is 123 Å². The Morgan fingerprint density at radius 2 is 2.15 bits per heavy atom. The summed E-state index contributed by atoms with van der Waals surface area (Å²) >= 11 is 7.91. The summed E-state index contributed by atoms with van der Waals surface area (Å²) < 4.78 is 28.7. The molecule has 3 nitrogen and oxygen atoms in total. The molecule has 0 unspecified atom stereocenters. The van der Waals surface area contributed by atoms with Crippen molar-refractivity contribution >= 4 is 33.2 Å². The molecule has 20 heavy (non-hydrogen) atoms. The molecular weight excluding hydrogens is 306 g/mol. The van der Waals surface area contributed by atoms with Crippen LogP contribution in [0.1, 0.15) is 22.7 Å². The zero-order chi connectivity index (χ0) is 14.1. The highest BCUT2D eigenvalue weighted by molar-refractivity contribution is 7.19. The van der Waals surface area contributed by atoms with Crippen LogP contribution >= 0.6 is 22.9 Å². The normalized spacial score (nSPS) is 14.4. The van der Waals surface area contributed by atoms with Crippen LogP contribution in [-0.4, -0.2) is 29.6 Å². The van der Waals surface area contributed by atoms with Gasteiger partial charge >= 0.3 is 0 Å². The fraction of sp³-hybridized carbons (Fsp3) is 0.538. The van der Waals surface area contributed by atoms with Gasteiger partial charge in [-0.15, -0.1) is 11.3 Å². The summed E-state index contributed by atoms with van der Waals surface area (Å²) in [6.45, 7) is -0.374. The molecule has 0 saturated carbocycles. The third kappa shape index (κ3) is 2.77. The molecule has 2 aromatic rings. The first-order valence-electron chi connectivity index (χ1n) is 6.47. The van der Waals surface area contributed by atoms with Gasteiger partial charge in [-0.25, -0.2) is 18.7 Å². The third-order valence-corrected chi connectivity index (χ3v) is 4.74. The van der Waals surface area contributed by atoms with Crippen LogP contribution in [-0.2, 0) is 24.0 Å². The second-order valence-corrected chi connectivity index (χ2v) is 6.13. The lowest BCUT2D eigenvalue weighted by Gasteiger charge is -2.04. The fourth-order valence-electron chi connectivity index (χ4n) is 2.44. The van der Waals surface area contributed by atoms with Gasteiger partial charge in [0.15, 0.2) is 0 Å². The Balaban J connectivity index is 1.77. The molecule has 0 aromatic carbocycles. The summed E-state index contributed by atoms with van der Waals surface area (Å²) in [7, 11) is 0. The van der Waals surface area contributed by atoms with Crippen molar-refractivity contribution in [3.63, 3.8) is 0 Å². The summed E-state index contributed by atoms with van der Waals surface area (Å²) in [6.07, 6.45) is 1.23. The summed E-state index contributed by atoms with van der Waals surface area (Å²) in [5.41, 5.74) is 1.29. The van der Waals surface area contributed by atoms with Gasteiger partial charge in [0.2, 0.25) is 0 Å². The number of halogens is 3. The van der Waals surface area contributed by atoms with Crippen LogP contribution < -0.4 is 0 Å². The minimum atomic E-state index is -2.44. The molecule has 0 amide bonds. The molecule has 1 aliphatic rings. The van der Waals surface area contributed by atoms with Gasteiger partial charge in [0.05, 0.1) is 12.0 Å². The first-order chi connectivity index (χ1) is 9.65. The fourth-order valence-corrected chi connectivity index (χ4v) is 4.08. The number of ether oxygens (including phenoxy) is 1. The highest BCUT2D eigenvalue weighted by atomic mass is 35.5. The SMILES string of the molecule is FC(F)COCCc1nc(Cl)c2c3c(sc2n1)CCC3. The molecule has 1 aliphatic carbocycles. The van der Waals surface area contributed by atoms with Crippen LogP contribution in [0.4, 0.5) is 8.78 Å². The minimum Gasteiger partial charge on any atom is -0.375 e. The van der Waals surface area contributed by atoms with E-state index in [0.29, 0.717) is 17.4 Å². The number of aromatic nitrogens is 2. The molecule has 0 radical (unpaired) electrons. The van der Waals surface area contributed by atoms with Gasteiger partial charge in [0.1, 0.15) is 22.4 Å². The molecule has 0 saturated heterocycles. The zero-order valence-electron chi connectivity index (χ0n) is 10.7. The molecule has 0 spiro atoms. The van der Waals surface area contributed by atoms with Crippen molar-refractivity contribution in [3.8, 4) is 0 Å². The molecule has 7 heteroatoms. The number of hydrogen-bond acceptors (Lipinski definition) is 4. The number of rotatable bonds is 5. The van der Waals surface area contributed by atoms with Gasteiger partial charge < -0.3 is 4.74 Å². The molecule has 0 bridgehead atoms. The minimum absolute atomic E-state index is 0.178. The first kappa shape index (κ1) is 14.1. The Morgan fingerprint density at radius 1 is 1.30 bits per heavy atom. The van der Waals surface area contributed by atoms with Crippen molar-refractivity contribution in [1.82, 2.24) is 9.97 Å². The van der Waals surface area contributed by atoms with Crippen molar-refractivity contribution in [2.45, 2.75) is 32.1 Å². The van der Waals surface area contributed by atoms with Crippen molar-refractivity contribution in [2.24, 2.45) is 0 Å². The topological polar surface area (TPSA) is 35.0 Å². The summed E-state index contributed by atoms with van der Waals surface area (Å²) in [5, 5.41) is 1.44. The van der Waals surface area contributed by atoms with Gasteiger partial charge in [0, 0.05) is 11.3 Å². The summed E-state index contributed by atoms with van der Waals surface area (Å²) in [4.78, 5) is 11.0. The monoisotopic (exact) mass is 318 g/mol. The maximum atomic E-state index is 11.9. The largest absolute Gasteiger partial charge is 0.375 e. The number of nitrogens with zero attached hydrogens (tertiary/aromatic N) is 2. The average molecular weight is 319 g/mol. The smallest absolute Gasteiger partial charge is 0.261 e. The van der Waals surface area contributed by atoms with E-state index in [0.717, 1.165) is 29.5 Å². The van der Waals surface area contributed by atoms with E-state index in [-0.39, 0.29) is 6.61 Å². The van der Waals surface area contributed by atoms with Crippen molar-refractivity contribution in [2.75, 3.05) is 13.2 Å². The van der Waals surface area contributed by atoms with Crippen LogP contribution in [0.25, 0.3) is 10.2 Å². The maximum Gasteiger partial charge on any atom is 0.261 e. The van der Waals surface area contributed by atoms with Crippen LogP contribution in [0.5, 0.6) is 0 Å². The van der Waals surface area contributed by atoms with Crippen LogP contribution in [0.3, 0.4) is 0 Å². The Kier molecular flexibility index (Phi) is 4.14. The molecule has 0 N–H and O–H groups in total. The third-order valence-electron chi connectivity index (χ3n) is 3.28. The zero-order valence-corrected chi connectivity index (χ0v) is 12.2. The van der Waals surface area contributed by atoms with E-state index >= 15 is 0 Å². The standard InChI is InChI=1S/C13H13ClF2N2OS/c14-12-11-7-2-1-3-8(7)20-13(11)18-10(17-12)4-5-19-6-9(15)16/h9H,1-6H2. The lowest BCUT2D eigenvalue weighted by atomic mass is 10.2. The number of thiophene rings is 1. The Hall–Kier alpha value is -0.850. The van der Waals surface area contributed by atoms with E-state index in [4.69, 9.17) is 16.3 Å². The van der Waals surface area contributed by atoms with E-state index in [9.17, 15) is 8.78 Å². The van der Waals surface area contributed by atoms with Crippen LogP contribution in [0.15, 0.2) is 0 Å². The van der Waals surface area contributed by atoms with Gasteiger partial charge in [-0.2, -0.15) is 0 Å². The first-order valence-corrected chi connectivity index (χ1v) is 7.67. The molecule has 3 rings (SSSR count). The number of aryl methyl sites for hydroxylation is 2. The molecule has 2 aromatic heterocycles. The number of hydrogen-bond donors (Lipinski definition) is 0. The summed E-state index contributed by atoms with van der Waals surface area (Å²) in [5.74, 6) is 0.552. The molecule has 2 heterocycles. The van der Waals surface area contributed by atoms with E-state index in [1.807, 2.05) is 0 Å². The highest BCUT2D eigenvalue weighted by Crippen LogP contribution is 2.39. The molecule has 0 atom stereocenters. The van der Waals surface area contributed by atoms with Gasteiger partial charge in [-0.1, -0.05) is 11.6 Å². The number of alkyl halides is 2. The van der Waals surface area contributed by atoms with E-state index in [1.54, 1.807) is 11.3 Å². The number of fused-ring (bicyclic) bond motifs is 3. The quantitative estimate of drug-likeness (QED) is 0.623. The van der Waals surface area contributed by atoms with Crippen LogP contribution in [0.2, 0.25) is 5.15 Å². The second kappa shape index (κ2) is 5.87. The van der Waals surface area contributed by atoms with Gasteiger partial charge in [0.25, 0.3) is 6.43 Å².